The van der Waals surface area contributed by atoms with Gasteiger partial charge in [0.05, 0.1) is 17.2 Å². The lowest BCUT2D eigenvalue weighted by molar-refractivity contribution is -0.147. The van der Waals surface area contributed by atoms with E-state index < -0.39 is 23.0 Å². The van der Waals surface area contributed by atoms with Crippen molar-refractivity contribution in [1.82, 2.24) is 0 Å². The van der Waals surface area contributed by atoms with Crippen molar-refractivity contribution in [3.8, 4) is 5.75 Å². The van der Waals surface area contributed by atoms with Crippen LogP contribution in [0.5, 0.6) is 5.75 Å². The second-order valence-electron chi connectivity index (χ2n) is 10.7. The van der Waals surface area contributed by atoms with Crippen molar-refractivity contribution < 1.29 is 23.8 Å². The van der Waals surface area contributed by atoms with Crippen LogP contribution in [0, 0.1) is 34.4 Å². The Balaban J connectivity index is 1.35. The van der Waals surface area contributed by atoms with E-state index in [-0.39, 0.29) is 34.6 Å². The van der Waals surface area contributed by atoms with Crippen LogP contribution in [0.25, 0.3) is 0 Å². The minimum Gasteiger partial charge on any atom is -0.491 e. The molecule has 0 spiro atoms. The zero-order valence-electron chi connectivity index (χ0n) is 17.8. The quantitative estimate of drug-likeness (QED) is 0.410. The van der Waals surface area contributed by atoms with Crippen molar-refractivity contribution in [2.24, 2.45) is 28.6 Å². The highest BCUT2D eigenvalue weighted by atomic mass is 35.5. The third-order valence-electron chi connectivity index (χ3n) is 8.52. The maximum absolute atomic E-state index is 15.0. The van der Waals surface area contributed by atoms with E-state index in [0.29, 0.717) is 19.4 Å². The first-order valence-corrected chi connectivity index (χ1v) is 12.1. The number of carboxylic acid groups (broad SMARTS) is 1. The van der Waals surface area contributed by atoms with Crippen molar-refractivity contribution >= 4 is 23.4 Å². The Bertz CT molecular complexity index is 870. The standard InChI is InChI=1S/C25H30ClFO4/c26-19-9-18(22(28)25(23(29)30)4-2-1-3-5-25)20(27)10-21(19)31-14-24-11-15-6-16(12-24)8-17(7-15)13-24/h9-10,15-17H,1-8,11-14H2,(H,29,30). The van der Waals surface area contributed by atoms with Crippen LogP contribution in [0.3, 0.4) is 0 Å². The number of ether oxygens (including phenoxy) is 1. The molecule has 4 nitrogen and oxygen atoms in total. The molecule has 0 aliphatic heterocycles. The van der Waals surface area contributed by atoms with Gasteiger partial charge < -0.3 is 9.84 Å². The maximum atomic E-state index is 15.0. The van der Waals surface area contributed by atoms with Crippen molar-refractivity contribution in [2.45, 2.75) is 70.6 Å². The predicted molar refractivity (Wildman–Crippen MR) is 115 cm³/mol. The van der Waals surface area contributed by atoms with Gasteiger partial charge in [-0.25, -0.2) is 4.39 Å². The molecule has 0 saturated heterocycles. The Kier molecular flexibility index (Phi) is 5.31. The van der Waals surface area contributed by atoms with Gasteiger partial charge in [-0.3, -0.25) is 9.59 Å². The fourth-order valence-electron chi connectivity index (χ4n) is 7.46. The number of carbonyl (C=O) groups excluding carboxylic acids is 1. The number of carboxylic acids is 1. The van der Waals surface area contributed by atoms with E-state index in [4.69, 9.17) is 16.3 Å². The Morgan fingerprint density at radius 2 is 1.61 bits per heavy atom. The fourth-order valence-corrected chi connectivity index (χ4v) is 7.68. The van der Waals surface area contributed by atoms with Crippen LogP contribution in [-0.4, -0.2) is 23.5 Å². The number of carbonyl (C=O) groups is 2. The summed E-state index contributed by atoms with van der Waals surface area (Å²) >= 11 is 6.40. The van der Waals surface area contributed by atoms with Crippen LogP contribution in [0.1, 0.15) is 81.0 Å². The highest BCUT2D eigenvalue weighted by Gasteiger charge is 2.51. The fraction of sp³-hybridized carbons (Fsp3) is 0.680. The average Bonchev–Trinajstić information content (AvgIpc) is 2.73. The van der Waals surface area contributed by atoms with Crippen molar-refractivity contribution in [2.75, 3.05) is 6.61 Å². The molecule has 0 heterocycles. The van der Waals surface area contributed by atoms with Crippen molar-refractivity contribution in [1.29, 1.82) is 0 Å². The minimum atomic E-state index is -1.55. The van der Waals surface area contributed by atoms with Crippen LogP contribution in [-0.2, 0) is 4.79 Å². The lowest BCUT2D eigenvalue weighted by Gasteiger charge is -2.56. The largest absolute Gasteiger partial charge is 0.491 e. The molecular weight excluding hydrogens is 419 g/mol. The third kappa shape index (κ3) is 3.67. The number of rotatable bonds is 6. The molecule has 6 heteroatoms. The first kappa shape index (κ1) is 21.2. The maximum Gasteiger partial charge on any atom is 0.317 e. The number of halogens is 2. The van der Waals surface area contributed by atoms with Gasteiger partial charge in [0.1, 0.15) is 17.0 Å². The second-order valence-corrected chi connectivity index (χ2v) is 11.2. The normalized spacial score (nSPS) is 33.3. The summed E-state index contributed by atoms with van der Waals surface area (Å²) in [6, 6.07) is 2.45. The average molecular weight is 449 g/mol. The van der Waals surface area contributed by atoms with Gasteiger partial charge in [-0.1, -0.05) is 30.9 Å². The van der Waals surface area contributed by atoms with Gasteiger partial charge in [0.2, 0.25) is 0 Å². The highest BCUT2D eigenvalue weighted by Crippen LogP contribution is 2.60. The molecule has 5 aliphatic rings. The van der Waals surface area contributed by atoms with Gasteiger partial charge in [-0.05, 0) is 75.2 Å². The van der Waals surface area contributed by atoms with E-state index in [2.05, 4.69) is 0 Å². The summed E-state index contributed by atoms with van der Waals surface area (Å²) in [5, 5.41) is 9.94. The third-order valence-corrected chi connectivity index (χ3v) is 8.81. The number of aliphatic carboxylic acids is 1. The zero-order chi connectivity index (χ0) is 21.8. The Morgan fingerprint density at radius 3 is 2.16 bits per heavy atom. The molecule has 1 N–H and O–H groups in total. The summed E-state index contributed by atoms with van der Waals surface area (Å²) in [6.45, 7) is 0.530. The molecule has 4 bridgehead atoms. The summed E-state index contributed by atoms with van der Waals surface area (Å²) in [7, 11) is 0. The molecule has 1 aromatic rings. The smallest absolute Gasteiger partial charge is 0.317 e. The van der Waals surface area contributed by atoms with E-state index in [1.54, 1.807) is 0 Å². The molecule has 6 rings (SSSR count). The summed E-state index contributed by atoms with van der Waals surface area (Å²) in [4.78, 5) is 25.1. The molecular formula is C25H30ClFO4. The van der Waals surface area contributed by atoms with E-state index in [9.17, 15) is 14.7 Å². The van der Waals surface area contributed by atoms with Crippen molar-refractivity contribution in [3.05, 3.63) is 28.5 Å². The van der Waals surface area contributed by atoms with E-state index in [0.717, 1.165) is 24.2 Å². The molecule has 5 aliphatic carbocycles. The topological polar surface area (TPSA) is 63.6 Å². The summed E-state index contributed by atoms with van der Waals surface area (Å²) in [5.41, 5.74) is -1.63. The second kappa shape index (κ2) is 7.75. The summed E-state index contributed by atoms with van der Waals surface area (Å²) in [6.07, 6.45) is 10.2. The van der Waals surface area contributed by atoms with Crippen LogP contribution < -0.4 is 4.74 Å². The summed E-state index contributed by atoms with van der Waals surface area (Å²) < 4.78 is 21.1. The SMILES string of the molecule is O=C(O)C1(C(=O)c2cc(Cl)c(OCC34CC5CC(CC(C5)C3)C4)cc2F)CCCCC1. The first-order valence-electron chi connectivity index (χ1n) is 11.7. The lowest BCUT2D eigenvalue weighted by atomic mass is 9.50. The predicted octanol–water partition coefficient (Wildman–Crippen LogP) is 6.29. The molecule has 0 amide bonds. The van der Waals surface area contributed by atoms with Gasteiger partial charge in [-0.2, -0.15) is 0 Å². The lowest BCUT2D eigenvalue weighted by Crippen LogP contribution is -2.48. The monoisotopic (exact) mass is 448 g/mol. The van der Waals surface area contributed by atoms with Crippen LogP contribution in [0.4, 0.5) is 4.39 Å². The summed E-state index contributed by atoms with van der Waals surface area (Å²) in [5.74, 6) is 0.0430. The first-order chi connectivity index (χ1) is 14.8. The Labute approximate surface area is 187 Å². The number of hydrogen-bond donors (Lipinski definition) is 1. The molecule has 168 valence electrons. The van der Waals surface area contributed by atoms with Gasteiger partial charge >= 0.3 is 5.97 Å². The van der Waals surface area contributed by atoms with Crippen molar-refractivity contribution in [3.63, 3.8) is 0 Å². The molecule has 5 fully saturated rings. The molecule has 0 radical (unpaired) electrons. The van der Waals surface area contributed by atoms with Crippen LogP contribution in [0.2, 0.25) is 5.02 Å². The molecule has 1 aromatic carbocycles. The van der Waals surface area contributed by atoms with Crippen LogP contribution >= 0.6 is 11.6 Å². The Hall–Kier alpha value is -1.62. The molecule has 0 unspecified atom stereocenters. The number of hydrogen-bond acceptors (Lipinski definition) is 3. The minimum absolute atomic E-state index is 0.165. The van der Waals surface area contributed by atoms with Gasteiger partial charge in [0, 0.05) is 11.5 Å². The van der Waals surface area contributed by atoms with E-state index in [1.165, 1.54) is 50.7 Å². The molecule has 0 aromatic heterocycles. The van der Waals surface area contributed by atoms with E-state index >= 15 is 4.39 Å². The number of Topliss-reactive ketones (excluding diaryl/α,β-unsaturated/α-hetero) is 1. The van der Waals surface area contributed by atoms with Crippen LogP contribution in [0.15, 0.2) is 12.1 Å². The van der Waals surface area contributed by atoms with Gasteiger partial charge in [0.25, 0.3) is 0 Å². The molecule has 31 heavy (non-hydrogen) atoms. The highest BCUT2D eigenvalue weighted by molar-refractivity contribution is 6.32. The van der Waals surface area contributed by atoms with Gasteiger partial charge in [-0.15, -0.1) is 0 Å². The zero-order valence-corrected chi connectivity index (χ0v) is 18.6. The molecule has 5 saturated carbocycles. The van der Waals surface area contributed by atoms with Gasteiger partial charge in [0.15, 0.2) is 5.78 Å². The number of benzene rings is 1. The van der Waals surface area contributed by atoms with E-state index in [1.807, 2.05) is 0 Å². The Morgan fingerprint density at radius 1 is 1.03 bits per heavy atom. The number of ketones is 1. The molecule has 0 atom stereocenters.